The molecule has 0 bridgehead atoms. The zero-order valence-electron chi connectivity index (χ0n) is 11.4. The van der Waals surface area contributed by atoms with Crippen molar-refractivity contribution < 1.29 is 0 Å². The van der Waals surface area contributed by atoms with Gasteiger partial charge in [-0.25, -0.2) is 0 Å². The quantitative estimate of drug-likeness (QED) is 0.891. The second-order valence-electron chi connectivity index (χ2n) is 5.91. The van der Waals surface area contributed by atoms with E-state index in [0.717, 1.165) is 40.3 Å². The van der Waals surface area contributed by atoms with Gasteiger partial charge in [-0.05, 0) is 50.3 Å². The topological polar surface area (TPSA) is 15.3 Å². The maximum Gasteiger partial charge on any atom is 0.0643 e. The number of anilines is 1. The van der Waals surface area contributed by atoms with Crippen LogP contribution in [0, 0.1) is 12.8 Å². The molecule has 1 aliphatic heterocycles. The SMILES string of the molecule is Cc1cc(Cl)c(N2CC(C3CC3)NCC2C)cc1Cl. The van der Waals surface area contributed by atoms with Crippen LogP contribution in [0.3, 0.4) is 0 Å². The third kappa shape index (κ3) is 2.72. The van der Waals surface area contributed by atoms with E-state index in [2.05, 4.69) is 17.1 Å². The fourth-order valence-electron chi connectivity index (χ4n) is 2.89. The fraction of sp³-hybridized carbons (Fsp3) is 0.600. The van der Waals surface area contributed by atoms with Crippen LogP contribution in [0.1, 0.15) is 25.3 Å². The van der Waals surface area contributed by atoms with E-state index in [1.54, 1.807) is 0 Å². The predicted octanol–water partition coefficient (Wildman–Crippen LogP) is 3.88. The average Bonchev–Trinajstić information content (AvgIpc) is 3.19. The molecule has 19 heavy (non-hydrogen) atoms. The molecular weight excluding hydrogens is 279 g/mol. The number of nitrogens with zero attached hydrogens (tertiary/aromatic N) is 1. The van der Waals surface area contributed by atoms with Gasteiger partial charge in [0.1, 0.15) is 0 Å². The Morgan fingerprint density at radius 3 is 2.63 bits per heavy atom. The molecule has 104 valence electrons. The first-order chi connectivity index (χ1) is 9.06. The summed E-state index contributed by atoms with van der Waals surface area (Å²) in [4.78, 5) is 2.41. The summed E-state index contributed by atoms with van der Waals surface area (Å²) >= 11 is 12.7. The normalized spacial score (nSPS) is 27.7. The molecule has 2 unspecified atom stereocenters. The van der Waals surface area contributed by atoms with Crippen molar-refractivity contribution in [1.82, 2.24) is 5.32 Å². The van der Waals surface area contributed by atoms with Gasteiger partial charge in [-0.1, -0.05) is 23.2 Å². The number of piperazine rings is 1. The lowest BCUT2D eigenvalue weighted by molar-refractivity contribution is 0.376. The van der Waals surface area contributed by atoms with Crippen molar-refractivity contribution in [3.05, 3.63) is 27.7 Å². The average molecular weight is 299 g/mol. The van der Waals surface area contributed by atoms with Crippen molar-refractivity contribution in [2.24, 2.45) is 5.92 Å². The first-order valence-corrected chi connectivity index (χ1v) is 7.77. The molecule has 1 aromatic carbocycles. The second kappa shape index (κ2) is 5.16. The zero-order valence-corrected chi connectivity index (χ0v) is 12.9. The van der Waals surface area contributed by atoms with E-state index in [1.807, 2.05) is 19.1 Å². The lowest BCUT2D eigenvalue weighted by Gasteiger charge is -2.41. The summed E-state index contributed by atoms with van der Waals surface area (Å²) in [5.41, 5.74) is 2.12. The highest BCUT2D eigenvalue weighted by molar-refractivity contribution is 6.35. The van der Waals surface area contributed by atoms with Gasteiger partial charge in [0.05, 0.1) is 10.7 Å². The monoisotopic (exact) mass is 298 g/mol. The summed E-state index contributed by atoms with van der Waals surface area (Å²) in [7, 11) is 0. The molecular formula is C15H20Cl2N2. The van der Waals surface area contributed by atoms with Crippen molar-refractivity contribution in [3.8, 4) is 0 Å². The third-order valence-corrected chi connectivity index (χ3v) is 5.04. The van der Waals surface area contributed by atoms with E-state index in [0.29, 0.717) is 12.1 Å². The van der Waals surface area contributed by atoms with Crippen molar-refractivity contribution in [1.29, 1.82) is 0 Å². The summed E-state index contributed by atoms with van der Waals surface area (Å²) in [6.45, 7) is 6.28. The second-order valence-corrected chi connectivity index (χ2v) is 6.72. The largest absolute Gasteiger partial charge is 0.365 e. The van der Waals surface area contributed by atoms with Crippen LogP contribution in [0.5, 0.6) is 0 Å². The van der Waals surface area contributed by atoms with E-state index in [1.165, 1.54) is 12.8 Å². The maximum atomic E-state index is 6.42. The minimum Gasteiger partial charge on any atom is -0.365 e. The van der Waals surface area contributed by atoms with Gasteiger partial charge in [0.25, 0.3) is 0 Å². The molecule has 2 atom stereocenters. The van der Waals surface area contributed by atoms with E-state index >= 15 is 0 Å². The molecule has 2 fully saturated rings. The molecule has 1 saturated heterocycles. The molecule has 2 nitrogen and oxygen atoms in total. The Kier molecular flexibility index (Phi) is 3.67. The molecule has 0 spiro atoms. The van der Waals surface area contributed by atoms with Crippen molar-refractivity contribution in [2.75, 3.05) is 18.0 Å². The first-order valence-electron chi connectivity index (χ1n) is 7.02. The summed E-state index contributed by atoms with van der Waals surface area (Å²) < 4.78 is 0. The Hall–Kier alpha value is -0.440. The molecule has 0 amide bonds. The van der Waals surface area contributed by atoms with Crippen LogP contribution in [-0.4, -0.2) is 25.2 Å². The van der Waals surface area contributed by atoms with Gasteiger partial charge in [-0.15, -0.1) is 0 Å². The van der Waals surface area contributed by atoms with Gasteiger partial charge in [0.15, 0.2) is 0 Å². The van der Waals surface area contributed by atoms with Crippen molar-refractivity contribution in [2.45, 2.75) is 38.8 Å². The number of nitrogens with one attached hydrogen (secondary N) is 1. The van der Waals surface area contributed by atoms with E-state index in [-0.39, 0.29) is 0 Å². The van der Waals surface area contributed by atoms with Gasteiger partial charge in [0, 0.05) is 30.2 Å². The third-order valence-electron chi connectivity index (χ3n) is 4.33. The molecule has 3 rings (SSSR count). The first kappa shape index (κ1) is 13.5. The Morgan fingerprint density at radius 1 is 1.21 bits per heavy atom. The van der Waals surface area contributed by atoms with Crippen LogP contribution >= 0.6 is 23.2 Å². The standard InChI is InChI=1S/C15H20Cl2N2/c1-9-5-13(17)15(6-12(9)16)19-8-14(11-3-4-11)18-7-10(19)2/h5-6,10-11,14,18H,3-4,7-8H2,1-2H3. The van der Waals surface area contributed by atoms with Crippen molar-refractivity contribution in [3.63, 3.8) is 0 Å². The molecule has 4 heteroatoms. The number of rotatable bonds is 2. The van der Waals surface area contributed by atoms with Crippen LogP contribution < -0.4 is 10.2 Å². The number of aryl methyl sites for hydroxylation is 1. The lowest BCUT2D eigenvalue weighted by atomic mass is 10.0. The van der Waals surface area contributed by atoms with E-state index < -0.39 is 0 Å². The Bertz CT molecular complexity index is 485. The zero-order chi connectivity index (χ0) is 13.6. The van der Waals surface area contributed by atoms with Gasteiger partial charge in [0.2, 0.25) is 0 Å². The highest BCUT2D eigenvalue weighted by Gasteiger charge is 2.36. The predicted molar refractivity (Wildman–Crippen MR) is 82.5 cm³/mol. The summed E-state index contributed by atoms with van der Waals surface area (Å²) in [6, 6.07) is 5.05. The molecule has 2 aliphatic rings. The lowest BCUT2D eigenvalue weighted by Crippen LogP contribution is -2.56. The van der Waals surface area contributed by atoms with Crippen LogP contribution in [-0.2, 0) is 0 Å². The molecule has 1 saturated carbocycles. The molecule has 0 aromatic heterocycles. The van der Waals surface area contributed by atoms with Crippen LogP contribution in [0.15, 0.2) is 12.1 Å². The number of halogens is 2. The molecule has 1 N–H and O–H groups in total. The maximum absolute atomic E-state index is 6.42. The molecule has 0 radical (unpaired) electrons. The van der Waals surface area contributed by atoms with E-state index in [9.17, 15) is 0 Å². The van der Waals surface area contributed by atoms with Crippen molar-refractivity contribution >= 4 is 28.9 Å². The molecule has 1 aliphatic carbocycles. The Labute approximate surface area is 125 Å². The smallest absolute Gasteiger partial charge is 0.0643 e. The minimum atomic E-state index is 0.450. The van der Waals surface area contributed by atoms with Crippen LogP contribution in [0.25, 0.3) is 0 Å². The van der Waals surface area contributed by atoms with Gasteiger partial charge < -0.3 is 10.2 Å². The summed E-state index contributed by atoms with van der Waals surface area (Å²) in [6.07, 6.45) is 2.73. The number of hydrogen-bond donors (Lipinski definition) is 1. The highest BCUT2D eigenvalue weighted by atomic mass is 35.5. The van der Waals surface area contributed by atoms with Gasteiger partial charge in [-0.2, -0.15) is 0 Å². The minimum absolute atomic E-state index is 0.450. The number of hydrogen-bond acceptors (Lipinski definition) is 2. The molecule has 1 aromatic rings. The summed E-state index contributed by atoms with van der Waals surface area (Å²) in [5, 5.41) is 5.27. The van der Waals surface area contributed by atoms with Crippen LogP contribution in [0.2, 0.25) is 10.0 Å². The highest BCUT2D eigenvalue weighted by Crippen LogP contribution is 2.38. The van der Waals surface area contributed by atoms with Crippen LogP contribution in [0.4, 0.5) is 5.69 Å². The summed E-state index contributed by atoms with van der Waals surface area (Å²) in [5.74, 6) is 0.856. The Morgan fingerprint density at radius 2 is 1.95 bits per heavy atom. The Balaban J connectivity index is 1.88. The number of benzene rings is 1. The fourth-order valence-corrected chi connectivity index (χ4v) is 3.38. The van der Waals surface area contributed by atoms with Gasteiger partial charge >= 0.3 is 0 Å². The van der Waals surface area contributed by atoms with E-state index in [4.69, 9.17) is 23.2 Å². The molecule has 1 heterocycles. The van der Waals surface area contributed by atoms with Gasteiger partial charge in [-0.3, -0.25) is 0 Å².